The number of benzene rings is 3. The number of fused-ring (bicyclic) bond motifs is 2. The van der Waals surface area contributed by atoms with Crippen LogP contribution in [0, 0.1) is 0 Å². The number of thioether (sulfide) groups is 1. The average molecular weight is 358 g/mol. The zero-order valence-corrected chi connectivity index (χ0v) is 14.5. The molecule has 0 aliphatic carbocycles. The molecule has 0 aromatic heterocycles. The average Bonchev–Trinajstić information content (AvgIpc) is 2.57. The number of para-hydroxylation sites is 1. The molecule has 0 spiro atoms. The standard InChI is InChI=1S/C19H13Cl2NS/c20-14-7-6-12-9-16-18(10-13(12)8-14)23-11-17(21)19(16)22-15-4-2-1-3-5-15/h1-10,22H,11H2. The molecule has 3 aromatic rings. The molecule has 0 unspecified atom stereocenters. The van der Waals surface area contributed by atoms with E-state index in [1.807, 2.05) is 48.5 Å². The largest absolute Gasteiger partial charge is 0.354 e. The molecule has 0 atom stereocenters. The smallest absolute Gasteiger partial charge is 0.0625 e. The summed E-state index contributed by atoms with van der Waals surface area (Å²) in [6, 6.07) is 20.4. The third kappa shape index (κ3) is 2.94. The summed E-state index contributed by atoms with van der Waals surface area (Å²) in [6.45, 7) is 0. The minimum atomic E-state index is 0.759. The number of hydrogen-bond donors (Lipinski definition) is 1. The molecule has 3 aromatic carbocycles. The Morgan fingerprint density at radius 3 is 2.52 bits per heavy atom. The Labute approximate surface area is 149 Å². The lowest BCUT2D eigenvalue weighted by Crippen LogP contribution is -2.07. The van der Waals surface area contributed by atoms with Crippen LogP contribution in [-0.4, -0.2) is 5.75 Å². The highest BCUT2D eigenvalue weighted by molar-refractivity contribution is 7.99. The number of hydrogen-bond acceptors (Lipinski definition) is 2. The Morgan fingerprint density at radius 2 is 1.70 bits per heavy atom. The van der Waals surface area contributed by atoms with E-state index in [9.17, 15) is 0 Å². The predicted octanol–water partition coefficient (Wildman–Crippen LogP) is 6.62. The molecule has 0 bridgehead atoms. The summed E-state index contributed by atoms with van der Waals surface area (Å²) in [5.41, 5.74) is 3.17. The summed E-state index contributed by atoms with van der Waals surface area (Å²) in [7, 11) is 0. The van der Waals surface area contributed by atoms with Crippen molar-refractivity contribution in [2.45, 2.75) is 4.90 Å². The maximum Gasteiger partial charge on any atom is 0.0625 e. The number of anilines is 1. The van der Waals surface area contributed by atoms with Crippen LogP contribution in [0.4, 0.5) is 5.69 Å². The number of nitrogens with one attached hydrogen (secondary N) is 1. The molecule has 114 valence electrons. The van der Waals surface area contributed by atoms with Gasteiger partial charge in [-0.15, -0.1) is 11.8 Å². The van der Waals surface area contributed by atoms with Crippen molar-refractivity contribution in [3.05, 3.63) is 76.3 Å². The van der Waals surface area contributed by atoms with E-state index in [2.05, 4.69) is 17.4 Å². The number of halogens is 2. The maximum absolute atomic E-state index is 6.51. The van der Waals surface area contributed by atoms with Gasteiger partial charge in [0.25, 0.3) is 0 Å². The summed E-state index contributed by atoms with van der Waals surface area (Å²) in [6.07, 6.45) is 0. The van der Waals surface area contributed by atoms with Crippen molar-refractivity contribution < 1.29 is 0 Å². The van der Waals surface area contributed by atoms with Gasteiger partial charge < -0.3 is 5.32 Å². The van der Waals surface area contributed by atoms with Gasteiger partial charge in [-0.25, -0.2) is 0 Å². The van der Waals surface area contributed by atoms with Crippen LogP contribution < -0.4 is 5.32 Å². The summed E-state index contributed by atoms with van der Waals surface area (Å²) in [5.74, 6) is 0.774. The van der Waals surface area contributed by atoms with Crippen LogP contribution in [0.25, 0.3) is 16.5 Å². The predicted molar refractivity (Wildman–Crippen MR) is 103 cm³/mol. The molecule has 0 amide bonds. The molecule has 1 aliphatic rings. The second-order valence-corrected chi connectivity index (χ2v) is 7.31. The molecule has 1 N–H and O–H groups in total. The zero-order chi connectivity index (χ0) is 15.8. The first kappa shape index (κ1) is 14.9. The van der Waals surface area contributed by atoms with Crippen LogP contribution in [-0.2, 0) is 0 Å². The van der Waals surface area contributed by atoms with Gasteiger partial charge >= 0.3 is 0 Å². The molecule has 1 nitrogen and oxygen atoms in total. The lowest BCUT2D eigenvalue weighted by Gasteiger charge is -2.22. The fourth-order valence-electron chi connectivity index (χ4n) is 2.72. The van der Waals surface area contributed by atoms with E-state index in [4.69, 9.17) is 23.2 Å². The first-order chi connectivity index (χ1) is 11.2. The molecular formula is C19H13Cl2NS. The van der Waals surface area contributed by atoms with Gasteiger partial charge in [-0.1, -0.05) is 47.5 Å². The second kappa shape index (κ2) is 6.12. The molecule has 4 heteroatoms. The molecule has 0 saturated carbocycles. The van der Waals surface area contributed by atoms with Gasteiger partial charge in [-0.05, 0) is 47.2 Å². The van der Waals surface area contributed by atoms with Crippen molar-refractivity contribution >= 4 is 57.1 Å². The van der Waals surface area contributed by atoms with Crippen LogP contribution in [0.15, 0.2) is 70.6 Å². The molecular weight excluding hydrogens is 345 g/mol. The van der Waals surface area contributed by atoms with Gasteiger partial charge in [0.1, 0.15) is 0 Å². The van der Waals surface area contributed by atoms with Crippen molar-refractivity contribution in [1.29, 1.82) is 0 Å². The van der Waals surface area contributed by atoms with Crippen molar-refractivity contribution in [1.82, 2.24) is 0 Å². The van der Waals surface area contributed by atoms with Crippen LogP contribution in [0.3, 0.4) is 0 Å². The quantitative estimate of drug-likeness (QED) is 0.553. The van der Waals surface area contributed by atoms with E-state index < -0.39 is 0 Å². The van der Waals surface area contributed by atoms with E-state index in [0.29, 0.717) is 0 Å². The van der Waals surface area contributed by atoms with Crippen molar-refractivity contribution in [2.24, 2.45) is 0 Å². The van der Waals surface area contributed by atoms with Crippen molar-refractivity contribution in [3.63, 3.8) is 0 Å². The summed E-state index contributed by atoms with van der Waals surface area (Å²) in [4.78, 5) is 1.22. The van der Waals surface area contributed by atoms with Gasteiger partial charge in [0, 0.05) is 26.9 Å². The first-order valence-corrected chi connectivity index (χ1v) is 9.02. The summed E-state index contributed by atoms with van der Waals surface area (Å²) in [5, 5.41) is 7.39. The van der Waals surface area contributed by atoms with Crippen LogP contribution in [0.1, 0.15) is 5.56 Å². The highest BCUT2D eigenvalue weighted by Gasteiger charge is 2.19. The highest BCUT2D eigenvalue weighted by Crippen LogP contribution is 2.41. The monoisotopic (exact) mass is 357 g/mol. The Morgan fingerprint density at radius 1 is 0.870 bits per heavy atom. The fraction of sp³-hybridized carbons (Fsp3) is 0.0526. The third-order valence-electron chi connectivity index (χ3n) is 3.84. The molecule has 23 heavy (non-hydrogen) atoms. The Balaban J connectivity index is 1.83. The zero-order valence-electron chi connectivity index (χ0n) is 12.1. The minimum absolute atomic E-state index is 0.759. The second-order valence-electron chi connectivity index (χ2n) is 5.40. The lowest BCUT2D eigenvalue weighted by atomic mass is 10.0. The highest BCUT2D eigenvalue weighted by atomic mass is 35.5. The molecule has 1 heterocycles. The molecule has 4 rings (SSSR count). The van der Waals surface area contributed by atoms with E-state index in [1.165, 1.54) is 4.90 Å². The van der Waals surface area contributed by atoms with Gasteiger partial charge in [0.2, 0.25) is 0 Å². The van der Waals surface area contributed by atoms with E-state index in [-0.39, 0.29) is 0 Å². The minimum Gasteiger partial charge on any atom is -0.354 e. The van der Waals surface area contributed by atoms with E-state index in [0.717, 1.165) is 43.5 Å². The lowest BCUT2D eigenvalue weighted by molar-refractivity contribution is 1.36. The van der Waals surface area contributed by atoms with Crippen LogP contribution in [0.5, 0.6) is 0 Å². The summed E-state index contributed by atoms with van der Waals surface area (Å²) < 4.78 is 0. The molecule has 1 aliphatic heterocycles. The maximum atomic E-state index is 6.51. The van der Waals surface area contributed by atoms with Gasteiger partial charge in [-0.2, -0.15) is 0 Å². The molecule has 0 radical (unpaired) electrons. The van der Waals surface area contributed by atoms with Crippen molar-refractivity contribution in [2.75, 3.05) is 11.1 Å². The van der Waals surface area contributed by atoms with E-state index in [1.54, 1.807) is 11.8 Å². The van der Waals surface area contributed by atoms with Gasteiger partial charge in [0.15, 0.2) is 0 Å². The topological polar surface area (TPSA) is 12.0 Å². The Hall–Kier alpha value is -1.61. The van der Waals surface area contributed by atoms with Gasteiger partial charge in [0.05, 0.1) is 10.7 Å². The third-order valence-corrected chi connectivity index (χ3v) is 5.64. The Bertz CT molecular complexity index is 919. The normalized spacial score (nSPS) is 14.0. The number of rotatable bonds is 2. The summed E-state index contributed by atoms with van der Waals surface area (Å²) >= 11 is 14.4. The van der Waals surface area contributed by atoms with E-state index >= 15 is 0 Å². The fourth-order valence-corrected chi connectivity index (χ4v) is 4.17. The Kier molecular flexibility index (Phi) is 3.98. The molecule has 0 saturated heterocycles. The first-order valence-electron chi connectivity index (χ1n) is 7.28. The van der Waals surface area contributed by atoms with Crippen LogP contribution in [0.2, 0.25) is 5.02 Å². The SMILES string of the molecule is ClC1=C(Nc2ccccc2)c2cc3ccc(Cl)cc3cc2SC1. The van der Waals surface area contributed by atoms with Gasteiger partial charge in [-0.3, -0.25) is 0 Å². The molecule has 0 fully saturated rings. The van der Waals surface area contributed by atoms with Crippen LogP contribution >= 0.6 is 35.0 Å². The van der Waals surface area contributed by atoms with Crippen molar-refractivity contribution in [3.8, 4) is 0 Å².